The maximum Gasteiger partial charge on any atom is 0.292 e. The van der Waals surface area contributed by atoms with Crippen molar-refractivity contribution in [2.45, 2.75) is 19.9 Å². The Morgan fingerprint density at radius 1 is 1.42 bits per heavy atom. The molecule has 6 heteroatoms. The molecule has 0 radical (unpaired) electrons. The van der Waals surface area contributed by atoms with Gasteiger partial charge in [-0.1, -0.05) is 13.8 Å². The van der Waals surface area contributed by atoms with Crippen molar-refractivity contribution in [1.82, 2.24) is 4.90 Å². The number of hydrogen-bond donors (Lipinski definition) is 1. The van der Waals surface area contributed by atoms with E-state index in [9.17, 15) is 14.5 Å². The summed E-state index contributed by atoms with van der Waals surface area (Å²) in [5.74, 6) is -0.217. The highest BCUT2D eigenvalue weighted by molar-refractivity contribution is 5.62. The highest BCUT2D eigenvalue weighted by Crippen LogP contribution is 2.26. The van der Waals surface area contributed by atoms with Gasteiger partial charge in [-0.3, -0.25) is 10.1 Å². The van der Waals surface area contributed by atoms with Gasteiger partial charge in [0.15, 0.2) is 0 Å². The van der Waals surface area contributed by atoms with Gasteiger partial charge in [0.2, 0.25) is 0 Å². The van der Waals surface area contributed by atoms with Crippen molar-refractivity contribution in [2.24, 2.45) is 5.92 Å². The standard InChI is InChI=1S/C13H20FN3O2/c1-9(2)12(8-16(3)4)15-11-7-10(14)5-6-13(11)17(18)19/h5-7,9,12,15H,8H2,1-4H3. The molecule has 0 aromatic heterocycles. The second-order valence-electron chi connectivity index (χ2n) is 5.18. The van der Waals surface area contributed by atoms with E-state index in [1.54, 1.807) is 0 Å². The van der Waals surface area contributed by atoms with Crippen molar-refractivity contribution in [1.29, 1.82) is 0 Å². The molecular formula is C13H20FN3O2. The number of likely N-dealkylation sites (N-methyl/N-ethyl adjacent to an activating group) is 1. The van der Waals surface area contributed by atoms with Gasteiger partial charge >= 0.3 is 0 Å². The highest BCUT2D eigenvalue weighted by atomic mass is 19.1. The van der Waals surface area contributed by atoms with Gasteiger partial charge < -0.3 is 10.2 Å². The molecule has 1 aromatic carbocycles. The first-order valence-corrected chi connectivity index (χ1v) is 6.16. The van der Waals surface area contributed by atoms with E-state index in [0.29, 0.717) is 6.54 Å². The molecule has 1 atom stereocenters. The van der Waals surface area contributed by atoms with Crippen LogP contribution in [0.4, 0.5) is 15.8 Å². The van der Waals surface area contributed by atoms with Gasteiger partial charge in [0, 0.05) is 24.7 Å². The zero-order valence-corrected chi connectivity index (χ0v) is 11.7. The molecule has 0 amide bonds. The van der Waals surface area contributed by atoms with Crippen molar-refractivity contribution in [3.05, 3.63) is 34.1 Å². The Bertz CT molecular complexity index is 450. The predicted octanol–water partition coefficient (Wildman–Crippen LogP) is 2.73. The largest absolute Gasteiger partial charge is 0.375 e. The van der Waals surface area contributed by atoms with Gasteiger partial charge in [-0.25, -0.2) is 4.39 Å². The molecular weight excluding hydrogens is 249 g/mol. The second kappa shape index (κ2) is 6.47. The summed E-state index contributed by atoms with van der Waals surface area (Å²) < 4.78 is 13.3. The van der Waals surface area contributed by atoms with Gasteiger partial charge in [-0.15, -0.1) is 0 Å². The molecule has 106 valence electrons. The minimum Gasteiger partial charge on any atom is -0.375 e. The molecule has 0 aliphatic carbocycles. The summed E-state index contributed by atoms with van der Waals surface area (Å²) in [5.41, 5.74) is 0.122. The third-order valence-electron chi connectivity index (χ3n) is 2.86. The van der Waals surface area contributed by atoms with Crippen LogP contribution in [0.5, 0.6) is 0 Å². The smallest absolute Gasteiger partial charge is 0.292 e. The quantitative estimate of drug-likeness (QED) is 0.637. The number of hydrogen-bond acceptors (Lipinski definition) is 4. The lowest BCUT2D eigenvalue weighted by atomic mass is 10.0. The Hall–Kier alpha value is -1.69. The lowest BCUT2D eigenvalue weighted by Gasteiger charge is -2.26. The molecule has 1 N–H and O–H groups in total. The molecule has 0 fully saturated rings. The summed E-state index contributed by atoms with van der Waals surface area (Å²) in [6.07, 6.45) is 0. The van der Waals surface area contributed by atoms with Gasteiger partial charge in [0.1, 0.15) is 11.5 Å². The number of benzene rings is 1. The van der Waals surface area contributed by atoms with E-state index in [0.717, 1.165) is 6.07 Å². The molecule has 0 aliphatic rings. The maximum atomic E-state index is 13.3. The van der Waals surface area contributed by atoms with Crippen LogP contribution >= 0.6 is 0 Å². The van der Waals surface area contributed by atoms with Crippen LogP contribution in [0.25, 0.3) is 0 Å². The molecule has 0 spiro atoms. The zero-order chi connectivity index (χ0) is 14.6. The number of rotatable bonds is 6. The van der Waals surface area contributed by atoms with Gasteiger partial charge in [0.25, 0.3) is 5.69 Å². The van der Waals surface area contributed by atoms with E-state index in [4.69, 9.17) is 0 Å². The van der Waals surface area contributed by atoms with Crippen molar-refractivity contribution in [3.8, 4) is 0 Å². The van der Waals surface area contributed by atoms with Crippen LogP contribution in [0.2, 0.25) is 0 Å². The van der Waals surface area contributed by atoms with E-state index >= 15 is 0 Å². The van der Waals surface area contributed by atoms with Gasteiger partial charge in [0.05, 0.1) is 4.92 Å². The molecule has 5 nitrogen and oxygen atoms in total. The van der Waals surface area contributed by atoms with E-state index in [-0.39, 0.29) is 23.3 Å². The number of nitro groups is 1. The van der Waals surface area contributed by atoms with E-state index < -0.39 is 10.7 Å². The highest BCUT2D eigenvalue weighted by Gasteiger charge is 2.20. The van der Waals surface area contributed by atoms with Crippen LogP contribution in [0.3, 0.4) is 0 Å². The molecule has 1 aromatic rings. The molecule has 1 rings (SSSR count). The Morgan fingerprint density at radius 3 is 2.53 bits per heavy atom. The van der Waals surface area contributed by atoms with E-state index in [1.807, 2.05) is 32.8 Å². The fraction of sp³-hybridized carbons (Fsp3) is 0.538. The van der Waals surface area contributed by atoms with Crippen LogP contribution in [0, 0.1) is 21.8 Å². The van der Waals surface area contributed by atoms with Crippen molar-refractivity contribution in [3.63, 3.8) is 0 Å². The third kappa shape index (κ3) is 4.48. The van der Waals surface area contributed by atoms with Crippen LogP contribution in [0.1, 0.15) is 13.8 Å². The van der Waals surface area contributed by atoms with E-state index in [2.05, 4.69) is 5.32 Å². The summed E-state index contributed by atoms with van der Waals surface area (Å²) in [4.78, 5) is 12.4. The minimum atomic E-state index is -0.505. The minimum absolute atomic E-state index is 0.00972. The topological polar surface area (TPSA) is 58.4 Å². The Labute approximate surface area is 112 Å². The van der Waals surface area contributed by atoms with Crippen LogP contribution in [-0.2, 0) is 0 Å². The third-order valence-corrected chi connectivity index (χ3v) is 2.86. The normalized spacial score (nSPS) is 12.8. The Balaban J connectivity index is 3.01. The summed E-state index contributed by atoms with van der Waals surface area (Å²) >= 11 is 0. The molecule has 0 aliphatic heterocycles. The first-order chi connectivity index (χ1) is 8.81. The first-order valence-electron chi connectivity index (χ1n) is 6.16. The van der Waals surface area contributed by atoms with Crippen LogP contribution in [0.15, 0.2) is 18.2 Å². The molecule has 0 heterocycles. The lowest BCUT2D eigenvalue weighted by Crippen LogP contribution is -2.36. The van der Waals surface area contributed by atoms with Crippen LogP contribution in [-0.4, -0.2) is 36.5 Å². The second-order valence-corrected chi connectivity index (χ2v) is 5.18. The molecule has 19 heavy (non-hydrogen) atoms. The molecule has 0 saturated carbocycles. The van der Waals surface area contributed by atoms with E-state index in [1.165, 1.54) is 12.1 Å². The Kier molecular flexibility index (Phi) is 5.23. The summed E-state index contributed by atoms with van der Waals surface area (Å²) in [7, 11) is 3.86. The number of nitrogens with zero attached hydrogens (tertiary/aromatic N) is 2. The first kappa shape index (κ1) is 15.4. The predicted molar refractivity (Wildman–Crippen MR) is 73.9 cm³/mol. The van der Waals surface area contributed by atoms with Crippen molar-refractivity contribution < 1.29 is 9.31 Å². The average Bonchev–Trinajstić information content (AvgIpc) is 2.26. The van der Waals surface area contributed by atoms with Crippen molar-refractivity contribution >= 4 is 11.4 Å². The SMILES string of the molecule is CC(C)C(CN(C)C)Nc1cc(F)ccc1[N+](=O)[O-]. The fourth-order valence-corrected chi connectivity index (χ4v) is 1.80. The van der Waals surface area contributed by atoms with Gasteiger partial charge in [-0.05, 0) is 26.1 Å². The lowest BCUT2D eigenvalue weighted by molar-refractivity contribution is -0.384. The zero-order valence-electron chi connectivity index (χ0n) is 11.7. The van der Waals surface area contributed by atoms with Crippen molar-refractivity contribution in [2.75, 3.05) is 26.0 Å². The number of nitro benzene ring substituents is 1. The molecule has 1 unspecified atom stereocenters. The average molecular weight is 269 g/mol. The maximum absolute atomic E-state index is 13.3. The number of anilines is 1. The Morgan fingerprint density at radius 2 is 2.05 bits per heavy atom. The fourth-order valence-electron chi connectivity index (χ4n) is 1.80. The monoisotopic (exact) mass is 269 g/mol. The van der Waals surface area contributed by atoms with Crippen LogP contribution < -0.4 is 5.32 Å². The number of nitrogens with one attached hydrogen (secondary N) is 1. The van der Waals surface area contributed by atoms with Gasteiger partial charge in [-0.2, -0.15) is 0 Å². The number of halogens is 1. The summed E-state index contributed by atoms with van der Waals surface area (Å²) in [5, 5.41) is 14.0. The molecule has 0 bridgehead atoms. The molecule has 0 saturated heterocycles. The summed E-state index contributed by atoms with van der Waals surface area (Å²) in [6.45, 7) is 4.75. The summed E-state index contributed by atoms with van der Waals surface area (Å²) in [6, 6.07) is 3.46.